The van der Waals surface area contributed by atoms with Crippen molar-refractivity contribution < 1.29 is 4.79 Å². The van der Waals surface area contributed by atoms with Gasteiger partial charge in [0.25, 0.3) is 5.91 Å². The molecule has 108 valence electrons. The number of aryl methyl sites for hydroxylation is 1. The van der Waals surface area contributed by atoms with Gasteiger partial charge in [0.2, 0.25) is 0 Å². The van der Waals surface area contributed by atoms with Crippen LogP contribution in [0.25, 0.3) is 0 Å². The van der Waals surface area contributed by atoms with Crippen molar-refractivity contribution in [3.63, 3.8) is 0 Å². The number of amides is 1. The van der Waals surface area contributed by atoms with Gasteiger partial charge in [-0.25, -0.2) is 0 Å². The van der Waals surface area contributed by atoms with Crippen LogP contribution in [0.3, 0.4) is 0 Å². The summed E-state index contributed by atoms with van der Waals surface area (Å²) in [4.78, 5) is 16.0. The molecule has 1 aromatic heterocycles. The summed E-state index contributed by atoms with van der Waals surface area (Å²) in [7, 11) is 0. The van der Waals surface area contributed by atoms with Crippen molar-refractivity contribution in [1.82, 2.24) is 10.3 Å². The third kappa shape index (κ3) is 4.18. The Labute approximate surface area is 124 Å². The van der Waals surface area contributed by atoms with Gasteiger partial charge in [-0.05, 0) is 30.2 Å². The number of hydrogen-bond donors (Lipinski definition) is 2. The molecule has 0 aliphatic rings. The SMILES string of the molecule is C=CCNC(=O)c1cncc(Nc2ccc(CC)cc2)c1. The highest BCUT2D eigenvalue weighted by molar-refractivity contribution is 5.94. The van der Waals surface area contributed by atoms with Crippen LogP contribution in [0.1, 0.15) is 22.8 Å². The molecule has 2 rings (SSSR count). The van der Waals surface area contributed by atoms with Gasteiger partial charge in [-0.3, -0.25) is 9.78 Å². The fourth-order valence-electron chi connectivity index (χ4n) is 1.89. The first-order valence-corrected chi connectivity index (χ1v) is 6.93. The molecule has 0 aliphatic heterocycles. The normalized spacial score (nSPS) is 9.95. The van der Waals surface area contributed by atoms with E-state index in [0.29, 0.717) is 12.1 Å². The lowest BCUT2D eigenvalue weighted by molar-refractivity contribution is 0.0957. The molecule has 2 aromatic rings. The number of carbonyl (C=O) groups excluding carboxylic acids is 1. The van der Waals surface area contributed by atoms with Gasteiger partial charge in [-0.15, -0.1) is 6.58 Å². The Bertz CT molecular complexity index is 620. The standard InChI is InChI=1S/C17H19N3O/c1-3-9-19-17(21)14-10-16(12-18-11-14)20-15-7-5-13(4-2)6-8-15/h3,5-8,10-12,20H,1,4,9H2,2H3,(H,19,21). The van der Waals surface area contributed by atoms with Gasteiger partial charge in [-0.2, -0.15) is 0 Å². The number of rotatable bonds is 6. The summed E-state index contributed by atoms with van der Waals surface area (Å²) in [6, 6.07) is 9.97. The Morgan fingerprint density at radius 1 is 1.24 bits per heavy atom. The average Bonchev–Trinajstić information content (AvgIpc) is 2.53. The number of carbonyl (C=O) groups is 1. The van der Waals surface area contributed by atoms with E-state index in [-0.39, 0.29) is 5.91 Å². The number of nitrogens with zero attached hydrogens (tertiary/aromatic N) is 1. The molecule has 0 aliphatic carbocycles. The molecule has 1 heterocycles. The maximum atomic E-state index is 11.9. The largest absolute Gasteiger partial charge is 0.354 e. The number of anilines is 2. The maximum absolute atomic E-state index is 11.9. The molecule has 0 atom stereocenters. The molecule has 0 radical (unpaired) electrons. The fraction of sp³-hybridized carbons (Fsp3) is 0.176. The minimum absolute atomic E-state index is 0.160. The van der Waals surface area contributed by atoms with E-state index in [1.807, 2.05) is 12.1 Å². The smallest absolute Gasteiger partial charge is 0.253 e. The maximum Gasteiger partial charge on any atom is 0.253 e. The van der Waals surface area contributed by atoms with E-state index in [2.05, 4.69) is 41.3 Å². The Kier molecular flexibility index (Phi) is 5.10. The van der Waals surface area contributed by atoms with Crippen molar-refractivity contribution in [3.8, 4) is 0 Å². The summed E-state index contributed by atoms with van der Waals surface area (Å²) in [5.74, 6) is -0.160. The lowest BCUT2D eigenvalue weighted by Crippen LogP contribution is -2.23. The average molecular weight is 281 g/mol. The van der Waals surface area contributed by atoms with Crippen LogP contribution >= 0.6 is 0 Å². The molecule has 0 saturated heterocycles. The highest BCUT2D eigenvalue weighted by atomic mass is 16.1. The van der Waals surface area contributed by atoms with Crippen molar-refractivity contribution in [2.75, 3.05) is 11.9 Å². The molecule has 1 amide bonds. The summed E-state index contributed by atoms with van der Waals surface area (Å²) in [6.45, 7) is 6.13. The highest BCUT2D eigenvalue weighted by Crippen LogP contribution is 2.17. The summed E-state index contributed by atoms with van der Waals surface area (Å²) >= 11 is 0. The topological polar surface area (TPSA) is 54.0 Å². The zero-order valence-corrected chi connectivity index (χ0v) is 12.1. The molecular weight excluding hydrogens is 262 g/mol. The van der Waals surface area contributed by atoms with Crippen LogP contribution in [0, 0.1) is 0 Å². The molecule has 0 spiro atoms. The van der Waals surface area contributed by atoms with Gasteiger partial charge >= 0.3 is 0 Å². The van der Waals surface area contributed by atoms with Gasteiger partial charge in [-0.1, -0.05) is 25.1 Å². The van der Waals surface area contributed by atoms with Crippen molar-refractivity contribution in [2.45, 2.75) is 13.3 Å². The Balaban J connectivity index is 2.09. The molecule has 4 nitrogen and oxygen atoms in total. The third-order valence-electron chi connectivity index (χ3n) is 3.06. The molecule has 0 unspecified atom stereocenters. The molecule has 1 aromatic carbocycles. The van der Waals surface area contributed by atoms with Crippen molar-refractivity contribution in [1.29, 1.82) is 0 Å². The van der Waals surface area contributed by atoms with Gasteiger partial charge < -0.3 is 10.6 Å². The van der Waals surface area contributed by atoms with Crippen LogP contribution in [0.4, 0.5) is 11.4 Å². The van der Waals surface area contributed by atoms with Crippen LogP contribution in [0.15, 0.2) is 55.4 Å². The second-order valence-corrected chi connectivity index (χ2v) is 4.64. The number of nitrogens with one attached hydrogen (secondary N) is 2. The van der Waals surface area contributed by atoms with Crippen molar-refractivity contribution >= 4 is 17.3 Å². The predicted molar refractivity (Wildman–Crippen MR) is 85.9 cm³/mol. The van der Waals surface area contributed by atoms with Crippen LogP contribution in [-0.2, 0) is 6.42 Å². The predicted octanol–water partition coefficient (Wildman–Crippen LogP) is 3.30. The molecule has 0 fully saturated rings. The first-order valence-electron chi connectivity index (χ1n) is 6.93. The van der Waals surface area contributed by atoms with Crippen LogP contribution in [-0.4, -0.2) is 17.4 Å². The molecule has 0 bridgehead atoms. The van der Waals surface area contributed by atoms with Gasteiger partial charge in [0, 0.05) is 18.4 Å². The van der Waals surface area contributed by atoms with Gasteiger partial charge in [0.05, 0.1) is 17.4 Å². The second-order valence-electron chi connectivity index (χ2n) is 4.64. The quantitative estimate of drug-likeness (QED) is 0.799. The van der Waals surface area contributed by atoms with E-state index in [9.17, 15) is 4.79 Å². The van der Waals surface area contributed by atoms with E-state index in [0.717, 1.165) is 17.8 Å². The molecule has 4 heteroatoms. The molecular formula is C17H19N3O. The van der Waals surface area contributed by atoms with Gasteiger partial charge in [0.15, 0.2) is 0 Å². The van der Waals surface area contributed by atoms with E-state index in [1.165, 1.54) is 5.56 Å². The second kappa shape index (κ2) is 7.24. The van der Waals surface area contributed by atoms with E-state index < -0.39 is 0 Å². The summed E-state index contributed by atoms with van der Waals surface area (Å²) < 4.78 is 0. The van der Waals surface area contributed by atoms with Crippen LogP contribution in [0.2, 0.25) is 0 Å². The Morgan fingerprint density at radius 2 is 2.00 bits per heavy atom. The van der Waals surface area contributed by atoms with Crippen molar-refractivity contribution in [3.05, 3.63) is 66.5 Å². The number of benzene rings is 1. The zero-order valence-electron chi connectivity index (χ0n) is 12.1. The molecule has 21 heavy (non-hydrogen) atoms. The number of hydrogen-bond acceptors (Lipinski definition) is 3. The fourth-order valence-corrected chi connectivity index (χ4v) is 1.89. The van der Waals surface area contributed by atoms with E-state index >= 15 is 0 Å². The number of aromatic nitrogens is 1. The van der Waals surface area contributed by atoms with E-state index in [1.54, 1.807) is 24.5 Å². The minimum atomic E-state index is -0.160. The molecule has 2 N–H and O–H groups in total. The monoisotopic (exact) mass is 281 g/mol. The summed E-state index contributed by atoms with van der Waals surface area (Å²) in [5.41, 5.74) is 3.56. The first kappa shape index (κ1) is 14.8. The van der Waals surface area contributed by atoms with E-state index in [4.69, 9.17) is 0 Å². The lowest BCUT2D eigenvalue weighted by Gasteiger charge is -2.08. The summed E-state index contributed by atoms with van der Waals surface area (Å²) in [5, 5.41) is 5.97. The highest BCUT2D eigenvalue weighted by Gasteiger charge is 2.05. The number of pyridine rings is 1. The zero-order chi connectivity index (χ0) is 15.1. The first-order chi connectivity index (χ1) is 10.2. The Morgan fingerprint density at radius 3 is 2.67 bits per heavy atom. The molecule has 0 saturated carbocycles. The minimum Gasteiger partial charge on any atom is -0.354 e. The van der Waals surface area contributed by atoms with Crippen molar-refractivity contribution in [2.24, 2.45) is 0 Å². The van der Waals surface area contributed by atoms with Crippen LogP contribution < -0.4 is 10.6 Å². The third-order valence-corrected chi connectivity index (χ3v) is 3.06. The lowest BCUT2D eigenvalue weighted by atomic mass is 10.1. The van der Waals surface area contributed by atoms with Gasteiger partial charge in [0.1, 0.15) is 0 Å². The Hall–Kier alpha value is -2.62. The summed E-state index contributed by atoms with van der Waals surface area (Å²) in [6.07, 6.45) is 5.89. The van der Waals surface area contributed by atoms with Crippen LogP contribution in [0.5, 0.6) is 0 Å².